The van der Waals surface area contributed by atoms with Crippen LogP contribution in [0.1, 0.15) is 16.1 Å². The molecule has 0 radical (unpaired) electrons. The lowest BCUT2D eigenvalue weighted by Gasteiger charge is -2.05. The minimum Gasteiger partial charge on any atom is -0.456 e. The number of benzene rings is 1. The number of aromatic nitrogens is 1. The largest absolute Gasteiger partial charge is 0.456 e. The molecule has 0 aliphatic carbocycles. The molecule has 0 spiro atoms. The van der Waals surface area contributed by atoms with Crippen molar-refractivity contribution >= 4 is 27.6 Å². The molecule has 0 unspecified atom stereocenters. The lowest BCUT2D eigenvalue weighted by molar-refractivity contribution is 0.0468. The summed E-state index contributed by atoms with van der Waals surface area (Å²) in [4.78, 5) is 15.8. The van der Waals surface area contributed by atoms with Gasteiger partial charge in [-0.2, -0.15) is 0 Å². The van der Waals surface area contributed by atoms with Crippen molar-refractivity contribution < 1.29 is 9.53 Å². The van der Waals surface area contributed by atoms with Gasteiger partial charge in [-0.15, -0.1) is 0 Å². The van der Waals surface area contributed by atoms with E-state index in [0.717, 1.165) is 4.47 Å². The van der Waals surface area contributed by atoms with Crippen molar-refractivity contribution in [3.63, 3.8) is 0 Å². The molecule has 1 aromatic heterocycles. The predicted molar refractivity (Wildman–Crippen MR) is 71.9 cm³/mol. The molecule has 0 amide bonds. The van der Waals surface area contributed by atoms with Gasteiger partial charge in [0.25, 0.3) is 0 Å². The average Bonchev–Trinajstić information content (AvgIpc) is 2.40. The van der Waals surface area contributed by atoms with Crippen LogP contribution in [0.5, 0.6) is 0 Å². The van der Waals surface area contributed by atoms with Crippen LogP contribution in [0.25, 0.3) is 0 Å². The Balaban J connectivity index is 2.02. The van der Waals surface area contributed by atoms with Crippen LogP contribution >= 0.6 is 15.9 Å². The third kappa shape index (κ3) is 3.07. The van der Waals surface area contributed by atoms with Gasteiger partial charge in [-0.25, -0.2) is 4.79 Å². The second-order valence-electron chi connectivity index (χ2n) is 3.63. The van der Waals surface area contributed by atoms with Gasteiger partial charge < -0.3 is 10.5 Å². The fourth-order valence-electron chi connectivity index (χ4n) is 1.38. The zero-order chi connectivity index (χ0) is 13.0. The van der Waals surface area contributed by atoms with E-state index in [9.17, 15) is 4.79 Å². The summed E-state index contributed by atoms with van der Waals surface area (Å²) in [5.74, 6) is -0.417. The van der Waals surface area contributed by atoms with E-state index >= 15 is 0 Å². The van der Waals surface area contributed by atoms with Gasteiger partial charge in [0.15, 0.2) is 0 Å². The number of nitrogens with two attached hydrogens (primary N) is 1. The van der Waals surface area contributed by atoms with Gasteiger partial charge in [0.2, 0.25) is 0 Å². The van der Waals surface area contributed by atoms with Crippen LogP contribution in [0.4, 0.5) is 5.69 Å². The second-order valence-corrected chi connectivity index (χ2v) is 4.49. The summed E-state index contributed by atoms with van der Waals surface area (Å²) in [7, 11) is 0. The minimum absolute atomic E-state index is 0.148. The number of carbonyl (C=O) groups excluding carboxylic acids is 1. The maximum atomic E-state index is 11.8. The van der Waals surface area contributed by atoms with E-state index in [2.05, 4.69) is 20.9 Å². The molecule has 2 rings (SSSR count). The molecule has 92 valence electrons. The number of carbonyl (C=O) groups is 1. The first-order valence-electron chi connectivity index (χ1n) is 5.29. The lowest BCUT2D eigenvalue weighted by atomic mass is 10.2. The van der Waals surface area contributed by atoms with E-state index in [4.69, 9.17) is 10.5 Å². The molecule has 0 saturated carbocycles. The SMILES string of the molecule is Nc1cc(C(=O)OCc2ccccn2)ccc1Br. The zero-order valence-electron chi connectivity index (χ0n) is 9.47. The van der Waals surface area contributed by atoms with Gasteiger partial charge in [-0.1, -0.05) is 6.07 Å². The molecule has 1 heterocycles. The number of nitrogens with zero attached hydrogens (tertiary/aromatic N) is 1. The van der Waals surface area contributed by atoms with Gasteiger partial charge in [0.05, 0.1) is 11.3 Å². The van der Waals surface area contributed by atoms with Crippen molar-refractivity contribution in [1.29, 1.82) is 0 Å². The Morgan fingerprint density at radius 1 is 1.33 bits per heavy atom. The van der Waals surface area contributed by atoms with Crippen LogP contribution in [-0.2, 0) is 11.3 Å². The molecule has 2 aromatic rings. The first-order valence-corrected chi connectivity index (χ1v) is 6.08. The standard InChI is InChI=1S/C13H11BrN2O2/c14-11-5-4-9(7-12(11)15)13(17)18-8-10-3-1-2-6-16-10/h1-7H,8,15H2. The molecule has 0 aliphatic heterocycles. The number of esters is 1. The highest BCUT2D eigenvalue weighted by atomic mass is 79.9. The Morgan fingerprint density at radius 2 is 2.17 bits per heavy atom. The van der Waals surface area contributed by atoms with Gasteiger partial charge in [0.1, 0.15) is 6.61 Å². The summed E-state index contributed by atoms with van der Waals surface area (Å²) in [5.41, 5.74) is 7.33. The number of halogens is 1. The van der Waals surface area contributed by atoms with Crippen molar-refractivity contribution in [3.8, 4) is 0 Å². The third-order valence-electron chi connectivity index (χ3n) is 2.31. The molecule has 0 saturated heterocycles. The van der Waals surface area contributed by atoms with Gasteiger partial charge in [-0.05, 0) is 46.3 Å². The number of rotatable bonds is 3. The normalized spacial score (nSPS) is 10.1. The second kappa shape index (κ2) is 5.64. The Bertz CT molecular complexity index is 558. The Hall–Kier alpha value is -1.88. The Kier molecular flexibility index (Phi) is 3.94. The molecular weight excluding hydrogens is 296 g/mol. The van der Waals surface area contributed by atoms with E-state index in [1.807, 2.05) is 6.07 Å². The van der Waals surface area contributed by atoms with Crippen molar-refractivity contribution in [3.05, 3.63) is 58.3 Å². The van der Waals surface area contributed by atoms with E-state index in [-0.39, 0.29) is 6.61 Å². The summed E-state index contributed by atoms with van der Waals surface area (Å²) in [6, 6.07) is 10.4. The number of anilines is 1. The number of ether oxygens (including phenoxy) is 1. The summed E-state index contributed by atoms with van der Waals surface area (Å²) >= 11 is 3.27. The van der Waals surface area contributed by atoms with E-state index < -0.39 is 5.97 Å². The van der Waals surface area contributed by atoms with Crippen LogP contribution in [0.15, 0.2) is 47.1 Å². The zero-order valence-corrected chi connectivity index (χ0v) is 11.1. The highest BCUT2D eigenvalue weighted by molar-refractivity contribution is 9.10. The minimum atomic E-state index is -0.417. The topological polar surface area (TPSA) is 65.2 Å². The maximum absolute atomic E-state index is 11.8. The first kappa shape index (κ1) is 12.6. The van der Waals surface area contributed by atoms with Crippen LogP contribution in [0.2, 0.25) is 0 Å². The quantitative estimate of drug-likeness (QED) is 0.699. The third-order valence-corrected chi connectivity index (χ3v) is 3.03. The van der Waals surface area contributed by atoms with Crippen LogP contribution in [0, 0.1) is 0 Å². The fourth-order valence-corrected chi connectivity index (χ4v) is 1.62. The average molecular weight is 307 g/mol. The molecular formula is C13H11BrN2O2. The smallest absolute Gasteiger partial charge is 0.338 e. The van der Waals surface area contributed by atoms with Crippen LogP contribution in [0.3, 0.4) is 0 Å². The summed E-state index contributed by atoms with van der Waals surface area (Å²) in [5, 5.41) is 0. The number of pyridine rings is 1. The van der Waals surface area contributed by atoms with Crippen LogP contribution in [-0.4, -0.2) is 11.0 Å². The van der Waals surface area contributed by atoms with Crippen molar-refractivity contribution in [2.24, 2.45) is 0 Å². The monoisotopic (exact) mass is 306 g/mol. The summed E-state index contributed by atoms with van der Waals surface area (Å²) in [6.45, 7) is 0.148. The number of hydrogen-bond acceptors (Lipinski definition) is 4. The van der Waals surface area contributed by atoms with E-state index in [1.165, 1.54) is 0 Å². The van der Waals surface area contributed by atoms with Gasteiger partial charge >= 0.3 is 5.97 Å². The van der Waals surface area contributed by atoms with Crippen molar-refractivity contribution in [2.45, 2.75) is 6.61 Å². The highest BCUT2D eigenvalue weighted by Gasteiger charge is 2.09. The first-order chi connectivity index (χ1) is 8.66. The lowest BCUT2D eigenvalue weighted by Crippen LogP contribution is -2.06. The molecule has 4 nitrogen and oxygen atoms in total. The number of nitrogen functional groups attached to an aromatic ring is 1. The summed E-state index contributed by atoms with van der Waals surface area (Å²) in [6.07, 6.45) is 1.65. The Labute approximate surface area is 113 Å². The molecule has 5 heteroatoms. The van der Waals surface area contributed by atoms with Gasteiger partial charge in [0, 0.05) is 16.4 Å². The molecule has 1 aromatic carbocycles. The maximum Gasteiger partial charge on any atom is 0.338 e. The fraction of sp³-hybridized carbons (Fsp3) is 0.0769. The molecule has 0 aliphatic rings. The summed E-state index contributed by atoms with van der Waals surface area (Å²) < 4.78 is 5.89. The molecule has 2 N–H and O–H groups in total. The molecule has 0 fully saturated rings. The highest BCUT2D eigenvalue weighted by Crippen LogP contribution is 2.20. The van der Waals surface area contributed by atoms with E-state index in [0.29, 0.717) is 16.9 Å². The van der Waals surface area contributed by atoms with Crippen LogP contribution < -0.4 is 5.73 Å². The van der Waals surface area contributed by atoms with Crippen molar-refractivity contribution in [2.75, 3.05) is 5.73 Å². The van der Waals surface area contributed by atoms with E-state index in [1.54, 1.807) is 36.5 Å². The van der Waals surface area contributed by atoms with Gasteiger partial charge in [-0.3, -0.25) is 4.98 Å². The Morgan fingerprint density at radius 3 is 2.83 bits per heavy atom. The van der Waals surface area contributed by atoms with Crippen molar-refractivity contribution in [1.82, 2.24) is 4.98 Å². The molecule has 0 bridgehead atoms. The molecule has 18 heavy (non-hydrogen) atoms. The molecule has 0 atom stereocenters. The predicted octanol–water partition coefficient (Wildman–Crippen LogP) is 2.78. The number of hydrogen-bond donors (Lipinski definition) is 1.